The Morgan fingerprint density at radius 2 is 2.31 bits per heavy atom. The number of nitrogens with zero attached hydrogens (tertiary/aromatic N) is 3. The van der Waals surface area contributed by atoms with Crippen LogP contribution in [0.5, 0.6) is 0 Å². The topological polar surface area (TPSA) is 61.9 Å². The summed E-state index contributed by atoms with van der Waals surface area (Å²) >= 11 is 0. The van der Waals surface area contributed by atoms with Crippen LogP contribution in [-0.4, -0.2) is 39.1 Å². The SMILES string of the molecule is Cc1nc(C(=O)N2CC(C)C2)n[nH]1. The number of carbonyl (C=O) groups excluding carboxylic acids is 1. The van der Waals surface area contributed by atoms with E-state index >= 15 is 0 Å². The molecular weight excluding hydrogens is 168 g/mol. The van der Waals surface area contributed by atoms with Gasteiger partial charge < -0.3 is 4.90 Å². The summed E-state index contributed by atoms with van der Waals surface area (Å²) in [5.74, 6) is 1.51. The molecule has 1 fully saturated rings. The number of aromatic nitrogens is 3. The van der Waals surface area contributed by atoms with Crippen molar-refractivity contribution < 1.29 is 4.79 Å². The quantitative estimate of drug-likeness (QED) is 0.671. The van der Waals surface area contributed by atoms with Crippen molar-refractivity contribution >= 4 is 5.91 Å². The summed E-state index contributed by atoms with van der Waals surface area (Å²) in [5.41, 5.74) is 0. The molecule has 1 N–H and O–H groups in total. The van der Waals surface area contributed by atoms with Gasteiger partial charge in [-0.25, -0.2) is 4.98 Å². The molecule has 1 aliphatic rings. The molecule has 0 unspecified atom stereocenters. The average molecular weight is 180 g/mol. The zero-order valence-electron chi connectivity index (χ0n) is 7.74. The lowest BCUT2D eigenvalue weighted by Gasteiger charge is -2.36. The Hall–Kier alpha value is -1.39. The average Bonchev–Trinajstić information content (AvgIpc) is 2.45. The van der Waals surface area contributed by atoms with E-state index in [2.05, 4.69) is 22.1 Å². The summed E-state index contributed by atoms with van der Waals surface area (Å²) in [6, 6.07) is 0. The number of likely N-dealkylation sites (tertiary alicyclic amines) is 1. The molecule has 70 valence electrons. The molecule has 5 heteroatoms. The second-order valence-corrected chi connectivity index (χ2v) is 3.56. The van der Waals surface area contributed by atoms with Gasteiger partial charge in [-0.1, -0.05) is 6.92 Å². The van der Waals surface area contributed by atoms with Gasteiger partial charge in [0.05, 0.1) is 0 Å². The molecule has 0 bridgehead atoms. The molecule has 1 amide bonds. The van der Waals surface area contributed by atoms with E-state index in [-0.39, 0.29) is 11.7 Å². The van der Waals surface area contributed by atoms with Crippen LogP contribution in [0, 0.1) is 12.8 Å². The lowest BCUT2D eigenvalue weighted by atomic mass is 10.0. The van der Waals surface area contributed by atoms with E-state index in [4.69, 9.17) is 0 Å². The van der Waals surface area contributed by atoms with Crippen LogP contribution in [0.3, 0.4) is 0 Å². The molecule has 0 aliphatic carbocycles. The van der Waals surface area contributed by atoms with Crippen LogP contribution in [0.4, 0.5) is 0 Å². The number of nitrogens with one attached hydrogen (secondary N) is 1. The van der Waals surface area contributed by atoms with Gasteiger partial charge in [0.15, 0.2) is 0 Å². The number of hydrogen-bond acceptors (Lipinski definition) is 3. The normalized spacial score (nSPS) is 17.2. The summed E-state index contributed by atoms with van der Waals surface area (Å²) in [4.78, 5) is 17.3. The Labute approximate surface area is 76.2 Å². The maximum atomic E-state index is 11.6. The van der Waals surface area contributed by atoms with Crippen molar-refractivity contribution in [2.45, 2.75) is 13.8 Å². The van der Waals surface area contributed by atoms with Crippen LogP contribution in [0.2, 0.25) is 0 Å². The zero-order chi connectivity index (χ0) is 9.42. The number of carbonyl (C=O) groups is 1. The van der Waals surface area contributed by atoms with Crippen molar-refractivity contribution in [2.75, 3.05) is 13.1 Å². The van der Waals surface area contributed by atoms with E-state index in [0.717, 1.165) is 13.1 Å². The van der Waals surface area contributed by atoms with Crippen molar-refractivity contribution in [3.05, 3.63) is 11.6 Å². The fourth-order valence-electron chi connectivity index (χ4n) is 1.44. The van der Waals surface area contributed by atoms with Gasteiger partial charge >= 0.3 is 0 Å². The highest BCUT2D eigenvalue weighted by Crippen LogP contribution is 2.15. The molecule has 1 aromatic rings. The molecule has 0 radical (unpaired) electrons. The Morgan fingerprint density at radius 3 is 2.77 bits per heavy atom. The number of amides is 1. The van der Waals surface area contributed by atoms with E-state index in [0.29, 0.717) is 11.7 Å². The number of hydrogen-bond donors (Lipinski definition) is 1. The summed E-state index contributed by atoms with van der Waals surface area (Å²) in [6.45, 7) is 5.55. The van der Waals surface area contributed by atoms with Crippen molar-refractivity contribution in [3.63, 3.8) is 0 Å². The van der Waals surface area contributed by atoms with E-state index < -0.39 is 0 Å². The minimum absolute atomic E-state index is 0.0672. The van der Waals surface area contributed by atoms with Crippen molar-refractivity contribution in [2.24, 2.45) is 5.92 Å². The number of H-pyrrole nitrogens is 1. The number of aromatic amines is 1. The third-order valence-electron chi connectivity index (χ3n) is 2.14. The maximum absolute atomic E-state index is 11.6. The Morgan fingerprint density at radius 1 is 1.62 bits per heavy atom. The molecule has 13 heavy (non-hydrogen) atoms. The first kappa shape index (κ1) is 8.22. The van der Waals surface area contributed by atoms with Crippen molar-refractivity contribution in [1.29, 1.82) is 0 Å². The van der Waals surface area contributed by atoms with E-state index in [9.17, 15) is 4.79 Å². The van der Waals surface area contributed by atoms with Gasteiger partial charge in [-0.15, -0.1) is 5.10 Å². The van der Waals surface area contributed by atoms with E-state index in [1.807, 2.05) is 0 Å². The smallest absolute Gasteiger partial charge is 0.293 e. The molecule has 0 aromatic carbocycles. The third kappa shape index (κ3) is 1.41. The van der Waals surface area contributed by atoms with Gasteiger partial charge in [0.25, 0.3) is 5.91 Å². The minimum atomic E-state index is -0.0672. The van der Waals surface area contributed by atoms with E-state index in [1.54, 1.807) is 11.8 Å². The minimum Gasteiger partial charge on any atom is -0.335 e. The summed E-state index contributed by atoms with van der Waals surface area (Å²) in [5, 5.41) is 6.47. The van der Waals surface area contributed by atoms with Gasteiger partial charge in [0, 0.05) is 13.1 Å². The summed E-state index contributed by atoms with van der Waals surface area (Å²) < 4.78 is 0. The van der Waals surface area contributed by atoms with E-state index in [1.165, 1.54) is 0 Å². The first-order valence-electron chi connectivity index (χ1n) is 4.35. The zero-order valence-corrected chi connectivity index (χ0v) is 7.74. The molecule has 0 saturated carbocycles. The molecule has 0 spiro atoms. The third-order valence-corrected chi connectivity index (χ3v) is 2.14. The second-order valence-electron chi connectivity index (χ2n) is 3.56. The molecule has 1 aliphatic heterocycles. The molecule has 2 rings (SSSR count). The number of rotatable bonds is 1. The molecule has 0 atom stereocenters. The van der Waals surface area contributed by atoms with Crippen LogP contribution >= 0.6 is 0 Å². The van der Waals surface area contributed by atoms with Gasteiger partial charge in [-0.2, -0.15) is 0 Å². The molecule has 5 nitrogen and oxygen atoms in total. The van der Waals surface area contributed by atoms with Gasteiger partial charge in [0.1, 0.15) is 5.82 Å². The van der Waals surface area contributed by atoms with Crippen LogP contribution in [-0.2, 0) is 0 Å². The number of aryl methyl sites for hydroxylation is 1. The Kier molecular flexibility index (Phi) is 1.79. The molecule has 2 heterocycles. The molecule has 1 saturated heterocycles. The fraction of sp³-hybridized carbons (Fsp3) is 0.625. The van der Waals surface area contributed by atoms with Gasteiger partial charge in [-0.3, -0.25) is 9.89 Å². The predicted octanol–water partition coefficient (Wildman–Crippen LogP) is 0.205. The summed E-state index contributed by atoms with van der Waals surface area (Å²) in [6.07, 6.45) is 0. The first-order chi connectivity index (χ1) is 6.16. The van der Waals surface area contributed by atoms with Crippen molar-refractivity contribution in [1.82, 2.24) is 20.1 Å². The lowest BCUT2D eigenvalue weighted by Crippen LogP contribution is -2.48. The van der Waals surface area contributed by atoms with Gasteiger partial charge in [-0.05, 0) is 12.8 Å². The Bertz CT molecular complexity index is 327. The second kappa shape index (κ2) is 2.83. The molecule has 1 aromatic heterocycles. The fourth-order valence-corrected chi connectivity index (χ4v) is 1.44. The largest absolute Gasteiger partial charge is 0.335 e. The summed E-state index contributed by atoms with van der Waals surface area (Å²) in [7, 11) is 0. The standard InChI is InChI=1S/C8H12N4O/c1-5-3-12(4-5)8(13)7-9-6(2)10-11-7/h5H,3-4H2,1-2H3,(H,9,10,11). The van der Waals surface area contributed by atoms with Crippen molar-refractivity contribution in [3.8, 4) is 0 Å². The van der Waals surface area contributed by atoms with Crippen LogP contribution in [0.15, 0.2) is 0 Å². The highest BCUT2D eigenvalue weighted by Gasteiger charge is 2.29. The first-order valence-corrected chi connectivity index (χ1v) is 4.35. The van der Waals surface area contributed by atoms with Crippen LogP contribution < -0.4 is 0 Å². The van der Waals surface area contributed by atoms with Crippen LogP contribution in [0.25, 0.3) is 0 Å². The monoisotopic (exact) mass is 180 g/mol. The lowest BCUT2D eigenvalue weighted by molar-refractivity contribution is 0.0518. The maximum Gasteiger partial charge on any atom is 0.293 e. The highest BCUT2D eigenvalue weighted by molar-refractivity contribution is 5.90. The Balaban J connectivity index is 2.06. The van der Waals surface area contributed by atoms with Gasteiger partial charge in [0.2, 0.25) is 5.82 Å². The predicted molar refractivity (Wildman–Crippen MR) is 46.2 cm³/mol. The molecular formula is C8H12N4O. The highest BCUT2D eigenvalue weighted by atomic mass is 16.2. The van der Waals surface area contributed by atoms with Crippen LogP contribution in [0.1, 0.15) is 23.4 Å².